The fourth-order valence-electron chi connectivity index (χ4n) is 2.16. The molecule has 2 N–H and O–H groups in total. The molecule has 2 aromatic rings. The molecule has 140 valence electrons. The lowest BCUT2D eigenvalue weighted by Gasteiger charge is -2.14. The van der Waals surface area contributed by atoms with Crippen LogP contribution < -0.4 is 14.8 Å². The molecule has 9 heteroatoms. The summed E-state index contributed by atoms with van der Waals surface area (Å²) in [7, 11) is -2.43. The average Bonchev–Trinajstić information content (AvgIpc) is 2.62. The lowest BCUT2D eigenvalue weighted by atomic mass is 10.3. The first-order chi connectivity index (χ1) is 12.4. The Labute approximate surface area is 157 Å². The van der Waals surface area contributed by atoms with Crippen LogP contribution in [0.4, 0.5) is 16.2 Å². The third-order valence-electron chi connectivity index (χ3n) is 3.34. The van der Waals surface area contributed by atoms with Gasteiger partial charge in [0, 0.05) is 4.90 Å². The van der Waals surface area contributed by atoms with Gasteiger partial charge < -0.3 is 9.47 Å². The highest BCUT2D eigenvalue weighted by atomic mass is 32.2. The van der Waals surface area contributed by atoms with Gasteiger partial charge >= 0.3 is 6.09 Å². The number of hydrogen-bond acceptors (Lipinski definition) is 6. The summed E-state index contributed by atoms with van der Waals surface area (Å²) in [6.07, 6.45) is 1.17. The SMILES string of the molecule is CCOC(=O)Nc1cc(S(=O)(=O)Nc2ccccc2SC)ccc1OC. The zero-order valence-corrected chi connectivity index (χ0v) is 16.2. The Morgan fingerprint density at radius 2 is 1.88 bits per heavy atom. The number of rotatable bonds is 7. The first-order valence-corrected chi connectivity index (χ1v) is 10.4. The Bertz CT molecular complexity index is 884. The van der Waals surface area contributed by atoms with Crippen molar-refractivity contribution in [2.45, 2.75) is 16.7 Å². The van der Waals surface area contributed by atoms with Gasteiger partial charge in [0.15, 0.2) is 0 Å². The monoisotopic (exact) mass is 396 g/mol. The van der Waals surface area contributed by atoms with Gasteiger partial charge in [-0.25, -0.2) is 13.2 Å². The summed E-state index contributed by atoms with van der Waals surface area (Å²) in [4.78, 5) is 12.4. The number of methoxy groups -OCH3 is 1. The molecule has 0 atom stereocenters. The number of benzene rings is 2. The normalized spacial score (nSPS) is 10.9. The molecule has 2 rings (SSSR count). The largest absolute Gasteiger partial charge is 0.495 e. The number of carbonyl (C=O) groups excluding carboxylic acids is 1. The van der Waals surface area contributed by atoms with Gasteiger partial charge in [-0.05, 0) is 43.5 Å². The maximum atomic E-state index is 12.7. The van der Waals surface area contributed by atoms with Gasteiger partial charge in [0.25, 0.3) is 10.0 Å². The average molecular weight is 396 g/mol. The molecule has 1 amide bonds. The molecule has 0 aliphatic heterocycles. The molecule has 26 heavy (non-hydrogen) atoms. The molecule has 0 aromatic heterocycles. The number of anilines is 2. The van der Waals surface area contributed by atoms with Gasteiger partial charge in [-0.2, -0.15) is 0 Å². The van der Waals surface area contributed by atoms with Crippen molar-refractivity contribution < 1.29 is 22.7 Å². The van der Waals surface area contributed by atoms with Crippen molar-refractivity contribution in [3.8, 4) is 5.75 Å². The van der Waals surface area contributed by atoms with Gasteiger partial charge in [0.1, 0.15) is 5.75 Å². The standard InChI is InChI=1S/C17H20N2O5S2/c1-4-24-17(20)18-14-11-12(9-10-15(14)23-2)26(21,22)19-13-7-5-6-8-16(13)25-3/h5-11,19H,4H2,1-3H3,(H,18,20). The third-order valence-corrected chi connectivity index (χ3v) is 5.50. The smallest absolute Gasteiger partial charge is 0.411 e. The van der Waals surface area contributed by atoms with E-state index in [1.807, 2.05) is 18.4 Å². The van der Waals surface area contributed by atoms with E-state index in [1.54, 1.807) is 19.1 Å². The van der Waals surface area contributed by atoms with E-state index in [0.29, 0.717) is 11.4 Å². The van der Waals surface area contributed by atoms with Crippen molar-refractivity contribution in [2.75, 3.05) is 30.0 Å². The molecular formula is C17H20N2O5S2. The van der Waals surface area contributed by atoms with Crippen molar-refractivity contribution in [1.29, 1.82) is 0 Å². The van der Waals surface area contributed by atoms with E-state index >= 15 is 0 Å². The number of thioether (sulfide) groups is 1. The van der Waals surface area contributed by atoms with Crippen LogP contribution in [-0.2, 0) is 14.8 Å². The number of amides is 1. The van der Waals surface area contributed by atoms with Crippen molar-refractivity contribution in [2.24, 2.45) is 0 Å². The zero-order valence-electron chi connectivity index (χ0n) is 14.6. The summed E-state index contributed by atoms with van der Waals surface area (Å²) in [6, 6.07) is 11.3. The topological polar surface area (TPSA) is 93.7 Å². The predicted octanol–water partition coefficient (Wildman–Crippen LogP) is 3.79. The molecule has 0 fully saturated rings. The Morgan fingerprint density at radius 3 is 2.54 bits per heavy atom. The van der Waals surface area contributed by atoms with Crippen LogP contribution in [0, 0.1) is 0 Å². The fourth-order valence-corrected chi connectivity index (χ4v) is 3.89. The summed E-state index contributed by atoms with van der Waals surface area (Å²) in [5.74, 6) is 0.321. The maximum Gasteiger partial charge on any atom is 0.411 e. The maximum absolute atomic E-state index is 12.7. The van der Waals surface area contributed by atoms with Crippen molar-refractivity contribution in [3.05, 3.63) is 42.5 Å². The lowest BCUT2D eigenvalue weighted by molar-refractivity contribution is 0.168. The van der Waals surface area contributed by atoms with Crippen molar-refractivity contribution >= 4 is 39.3 Å². The van der Waals surface area contributed by atoms with E-state index in [1.165, 1.54) is 37.1 Å². The van der Waals surface area contributed by atoms with Gasteiger partial charge in [-0.1, -0.05) is 12.1 Å². The summed E-state index contributed by atoms with van der Waals surface area (Å²) in [5.41, 5.74) is 0.683. The lowest BCUT2D eigenvalue weighted by Crippen LogP contribution is -2.16. The molecule has 0 saturated heterocycles. The van der Waals surface area contributed by atoms with E-state index in [0.717, 1.165) is 4.90 Å². The van der Waals surface area contributed by atoms with Crippen molar-refractivity contribution in [1.82, 2.24) is 0 Å². The molecule has 0 bridgehead atoms. The first kappa shape index (κ1) is 19.9. The van der Waals surface area contributed by atoms with Crippen LogP contribution in [0.1, 0.15) is 6.92 Å². The molecule has 2 aromatic carbocycles. The minimum atomic E-state index is -3.85. The second-order valence-electron chi connectivity index (χ2n) is 5.01. The summed E-state index contributed by atoms with van der Waals surface area (Å²) < 4.78 is 38.0. The molecule has 0 saturated carbocycles. The van der Waals surface area contributed by atoms with Crippen LogP contribution >= 0.6 is 11.8 Å². The van der Waals surface area contributed by atoms with Gasteiger partial charge in [-0.15, -0.1) is 11.8 Å². The van der Waals surface area contributed by atoms with Crippen LogP contribution in [0.3, 0.4) is 0 Å². The molecule has 7 nitrogen and oxygen atoms in total. The fraction of sp³-hybridized carbons (Fsp3) is 0.235. The van der Waals surface area contributed by atoms with Gasteiger partial charge in [-0.3, -0.25) is 10.0 Å². The Hall–Kier alpha value is -2.39. The summed E-state index contributed by atoms with van der Waals surface area (Å²) in [5, 5.41) is 2.48. The first-order valence-electron chi connectivity index (χ1n) is 7.69. The number of ether oxygens (including phenoxy) is 2. The van der Waals surface area contributed by atoms with E-state index in [4.69, 9.17) is 9.47 Å². The van der Waals surface area contributed by atoms with Gasteiger partial charge in [0.05, 0.1) is 30.0 Å². The Morgan fingerprint density at radius 1 is 1.15 bits per heavy atom. The molecule has 0 aliphatic carbocycles. The number of sulfonamides is 1. The van der Waals surface area contributed by atoms with E-state index in [9.17, 15) is 13.2 Å². The highest BCUT2D eigenvalue weighted by Crippen LogP contribution is 2.30. The van der Waals surface area contributed by atoms with Crippen LogP contribution in [0.2, 0.25) is 0 Å². The summed E-state index contributed by atoms with van der Waals surface area (Å²) in [6.45, 7) is 1.87. The molecule has 0 unspecified atom stereocenters. The number of hydrogen-bond donors (Lipinski definition) is 2. The zero-order chi connectivity index (χ0) is 19.2. The van der Waals surface area contributed by atoms with E-state index < -0.39 is 16.1 Å². The minimum absolute atomic E-state index is 0.0130. The number of carbonyl (C=O) groups is 1. The molecule has 0 radical (unpaired) electrons. The van der Waals surface area contributed by atoms with Crippen LogP contribution in [-0.4, -0.2) is 34.5 Å². The quantitative estimate of drug-likeness (QED) is 0.692. The minimum Gasteiger partial charge on any atom is -0.495 e. The van der Waals surface area contributed by atoms with Crippen LogP contribution in [0.25, 0.3) is 0 Å². The molecule has 0 heterocycles. The van der Waals surface area contributed by atoms with Gasteiger partial charge in [0.2, 0.25) is 0 Å². The van der Waals surface area contributed by atoms with E-state index in [2.05, 4.69) is 10.0 Å². The highest BCUT2D eigenvalue weighted by Gasteiger charge is 2.19. The second kappa shape index (κ2) is 8.81. The number of para-hydroxylation sites is 1. The predicted molar refractivity (Wildman–Crippen MR) is 103 cm³/mol. The van der Waals surface area contributed by atoms with E-state index in [-0.39, 0.29) is 17.2 Å². The third kappa shape index (κ3) is 4.83. The van der Waals surface area contributed by atoms with Crippen LogP contribution in [0.15, 0.2) is 52.3 Å². The van der Waals surface area contributed by atoms with Crippen molar-refractivity contribution in [3.63, 3.8) is 0 Å². The highest BCUT2D eigenvalue weighted by molar-refractivity contribution is 7.99. The molecular weight excluding hydrogens is 376 g/mol. The Kier molecular flexibility index (Phi) is 6.76. The molecule has 0 spiro atoms. The van der Waals surface area contributed by atoms with Crippen LogP contribution in [0.5, 0.6) is 5.75 Å². The number of nitrogens with one attached hydrogen (secondary N) is 2. The summed E-state index contributed by atoms with van der Waals surface area (Å²) >= 11 is 1.43. The Balaban J connectivity index is 2.35. The molecule has 0 aliphatic rings. The second-order valence-corrected chi connectivity index (χ2v) is 7.54.